The summed E-state index contributed by atoms with van der Waals surface area (Å²) >= 11 is 4.19. The fourth-order valence-corrected chi connectivity index (χ4v) is 0.805. The first-order valence-corrected chi connectivity index (χ1v) is 3.62. The van der Waals surface area contributed by atoms with Crippen molar-refractivity contribution in [3.8, 4) is 0 Å². The molecule has 0 bridgehead atoms. The maximum Gasteiger partial charge on any atom is 0.0915 e. The third-order valence-corrected chi connectivity index (χ3v) is 1.57. The lowest BCUT2D eigenvalue weighted by Crippen LogP contribution is -1.98. The minimum atomic E-state index is 0.0935. The molecule has 4 heteroatoms. The normalized spacial score (nSPS) is 13.5. The van der Waals surface area contributed by atoms with Gasteiger partial charge in [-0.15, -0.1) is 0 Å². The summed E-state index contributed by atoms with van der Waals surface area (Å²) in [5, 5.41) is 4.22. The van der Waals surface area contributed by atoms with E-state index in [2.05, 4.69) is 17.7 Å². The Kier molecular flexibility index (Phi) is 1.89. The summed E-state index contributed by atoms with van der Waals surface area (Å²) < 4.78 is 1.73. The fourth-order valence-electron chi connectivity index (χ4n) is 0.687. The number of aromatic nitrogens is 2. The monoisotopic (exact) mass is 157 g/mol. The molecule has 0 aromatic carbocycles. The quantitative estimate of drug-likeness (QED) is 0.602. The Morgan fingerprint density at radius 1 is 1.80 bits per heavy atom. The van der Waals surface area contributed by atoms with Gasteiger partial charge in [-0.2, -0.15) is 17.7 Å². The number of nitrogen functional groups attached to an aromatic ring is 1. The minimum Gasteiger partial charge on any atom is -0.396 e. The molecule has 1 aromatic rings. The largest absolute Gasteiger partial charge is 0.396 e. The minimum absolute atomic E-state index is 0.0935. The molecule has 1 rings (SSSR count). The van der Waals surface area contributed by atoms with Crippen molar-refractivity contribution in [2.24, 2.45) is 0 Å². The second-order valence-corrected chi connectivity index (χ2v) is 3.03. The highest BCUT2D eigenvalue weighted by atomic mass is 32.1. The van der Waals surface area contributed by atoms with Crippen LogP contribution in [0, 0.1) is 6.92 Å². The molecule has 0 saturated heterocycles. The first-order chi connectivity index (χ1) is 4.61. The van der Waals surface area contributed by atoms with E-state index < -0.39 is 0 Å². The Hall–Kier alpha value is -0.640. The lowest BCUT2D eigenvalue weighted by atomic mass is 10.4. The van der Waals surface area contributed by atoms with Gasteiger partial charge in [-0.05, 0) is 13.8 Å². The van der Waals surface area contributed by atoms with Crippen molar-refractivity contribution in [1.82, 2.24) is 9.78 Å². The van der Waals surface area contributed by atoms with E-state index in [0.29, 0.717) is 0 Å². The molecule has 0 aliphatic carbocycles. The van der Waals surface area contributed by atoms with Crippen molar-refractivity contribution in [1.29, 1.82) is 0 Å². The zero-order valence-electron chi connectivity index (χ0n) is 6.07. The molecule has 10 heavy (non-hydrogen) atoms. The van der Waals surface area contributed by atoms with Crippen LogP contribution in [0.25, 0.3) is 0 Å². The molecule has 0 amide bonds. The molecule has 2 N–H and O–H groups in total. The van der Waals surface area contributed by atoms with Crippen LogP contribution in [0.3, 0.4) is 0 Å². The molecule has 0 unspecified atom stereocenters. The Morgan fingerprint density at radius 3 is 2.60 bits per heavy atom. The molecule has 3 nitrogen and oxygen atoms in total. The number of hydrogen-bond donors (Lipinski definition) is 2. The second-order valence-electron chi connectivity index (χ2n) is 2.28. The van der Waals surface area contributed by atoms with Crippen LogP contribution >= 0.6 is 12.6 Å². The van der Waals surface area contributed by atoms with Crippen molar-refractivity contribution in [2.45, 2.75) is 19.2 Å². The van der Waals surface area contributed by atoms with E-state index in [1.165, 1.54) is 0 Å². The van der Waals surface area contributed by atoms with Gasteiger partial charge in [0.1, 0.15) is 0 Å². The summed E-state index contributed by atoms with van der Waals surface area (Å²) in [6.07, 6.45) is 1.78. The first kappa shape index (κ1) is 7.47. The number of anilines is 1. The highest BCUT2D eigenvalue weighted by Gasteiger charge is 2.02. The molecule has 0 fully saturated rings. The Balaban J connectivity index is 2.98. The fraction of sp³-hybridized carbons (Fsp3) is 0.500. The molecule has 0 aliphatic rings. The van der Waals surface area contributed by atoms with Crippen molar-refractivity contribution in [3.63, 3.8) is 0 Å². The maximum atomic E-state index is 5.56. The average Bonchev–Trinajstić information content (AvgIpc) is 2.13. The number of hydrogen-bond acceptors (Lipinski definition) is 3. The van der Waals surface area contributed by atoms with Crippen molar-refractivity contribution >= 4 is 18.3 Å². The second kappa shape index (κ2) is 2.54. The Bertz CT molecular complexity index is 209. The van der Waals surface area contributed by atoms with Crippen LogP contribution in [0.4, 0.5) is 5.69 Å². The summed E-state index contributed by atoms with van der Waals surface area (Å²) in [5.74, 6) is 0. The highest BCUT2D eigenvalue weighted by molar-refractivity contribution is 7.80. The van der Waals surface area contributed by atoms with Gasteiger partial charge in [0.15, 0.2) is 0 Å². The van der Waals surface area contributed by atoms with Crippen LogP contribution < -0.4 is 5.73 Å². The van der Waals surface area contributed by atoms with Crippen LogP contribution in [0.2, 0.25) is 0 Å². The van der Waals surface area contributed by atoms with Gasteiger partial charge in [0.05, 0.1) is 16.8 Å². The standard InChI is InChI=1S/C6H11N3S/c1-4-6(7)3-9(8-4)5(2)10/h3,5,10H,7H2,1-2H3/t5-/m0/s1. The third kappa shape index (κ3) is 1.26. The number of aryl methyl sites for hydroxylation is 1. The Labute approximate surface area is 65.6 Å². The summed E-state index contributed by atoms with van der Waals surface area (Å²) in [5.41, 5.74) is 7.15. The molecule has 1 heterocycles. The number of thiol groups is 1. The van der Waals surface area contributed by atoms with Crippen LogP contribution in [0.1, 0.15) is 18.0 Å². The predicted octanol–water partition coefficient (Wildman–Crippen LogP) is 1.22. The van der Waals surface area contributed by atoms with E-state index in [9.17, 15) is 0 Å². The van der Waals surface area contributed by atoms with Crippen LogP contribution in [0.15, 0.2) is 6.20 Å². The highest BCUT2D eigenvalue weighted by Crippen LogP contribution is 2.13. The van der Waals surface area contributed by atoms with E-state index in [0.717, 1.165) is 11.4 Å². The third-order valence-electron chi connectivity index (χ3n) is 1.34. The van der Waals surface area contributed by atoms with E-state index in [-0.39, 0.29) is 5.37 Å². The smallest absolute Gasteiger partial charge is 0.0915 e. The lowest BCUT2D eigenvalue weighted by molar-refractivity contribution is 0.640. The van der Waals surface area contributed by atoms with Gasteiger partial charge in [0.25, 0.3) is 0 Å². The molecule has 1 aromatic heterocycles. The molecule has 1 atom stereocenters. The van der Waals surface area contributed by atoms with E-state index in [1.54, 1.807) is 10.9 Å². The molecular weight excluding hydrogens is 146 g/mol. The molecule has 0 saturated carbocycles. The van der Waals surface area contributed by atoms with E-state index in [1.807, 2.05) is 13.8 Å². The van der Waals surface area contributed by atoms with E-state index >= 15 is 0 Å². The van der Waals surface area contributed by atoms with Crippen molar-refractivity contribution < 1.29 is 0 Å². The number of rotatable bonds is 1. The Morgan fingerprint density at radius 2 is 2.40 bits per heavy atom. The van der Waals surface area contributed by atoms with Crippen LogP contribution in [0.5, 0.6) is 0 Å². The summed E-state index contributed by atoms with van der Waals surface area (Å²) in [4.78, 5) is 0. The molecule has 0 radical (unpaired) electrons. The lowest BCUT2D eigenvalue weighted by Gasteiger charge is -2.01. The molecular formula is C6H11N3S. The van der Waals surface area contributed by atoms with Crippen LogP contribution in [-0.4, -0.2) is 9.78 Å². The number of nitrogens with two attached hydrogens (primary N) is 1. The summed E-state index contributed by atoms with van der Waals surface area (Å²) in [6, 6.07) is 0. The topological polar surface area (TPSA) is 43.8 Å². The van der Waals surface area contributed by atoms with Gasteiger partial charge in [0, 0.05) is 6.20 Å². The SMILES string of the molecule is Cc1nn([C@H](C)S)cc1N. The zero-order valence-corrected chi connectivity index (χ0v) is 6.97. The summed E-state index contributed by atoms with van der Waals surface area (Å²) in [6.45, 7) is 3.82. The van der Waals surface area contributed by atoms with E-state index in [4.69, 9.17) is 5.73 Å². The van der Waals surface area contributed by atoms with Gasteiger partial charge in [0.2, 0.25) is 0 Å². The molecule has 56 valence electrons. The average molecular weight is 157 g/mol. The van der Waals surface area contributed by atoms with Crippen LogP contribution in [-0.2, 0) is 0 Å². The first-order valence-electron chi connectivity index (χ1n) is 3.10. The van der Waals surface area contributed by atoms with Crippen molar-refractivity contribution in [3.05, 3.63) is 11.9 Å². The molecule has 0 aliphatic heterocycles. The zero-order chi connectivity index (χ0) is 7.72. The van der Waals surface area contributed by atoms with Crippen molar-refractivity contribution in [2.75, 3.05) is 5.73 Å². The maximum absolute atomic E-state index is 5.56. The van der Waals surface area contributed by atoms with Gasteiger partial charge in [-0.25, -0.2) is 0 Å². The van der Waals surface area contributed by atoms with Gasteiger partial charge in [-0.3, -0.25) is 4.68 Å². The predicted molar refractivity (Wildman–Crippen MR) is 45.1 cm³/mol. The number of nitrogens with zero attached hydrogens (tertiary/aromatic N) is 2. The van der Waals surface area contributed by atoms with Gasteiger partial charge in [-0.1, -0.05) is 0 Å². The summed E-state index contributed by atoms with van der Waals surface area (Å²) in [7, 11) is 0. The van der Waals surface area contributed by atoms with Gasteiger partial charge >= 0.3 is 0 Å². The molecule has 0 spiro atoms. The van der Waals surface area contributed by atoms with Gasteiger partial charge < -0.3 is 5.73 Å².